The Morgan fingerprint density at radius 1 is 1.70 bits per heavy atom. The van der Waals surface area contributed by atoms with Crippen LogP contribution in [-0.2, 0) is 0 Å². The fourth-order valence-corrected chi connectivity index (χ4v) is 0.840. The van der Waals surface area contributed by atoms with Crippen molar-refractivity contribution in [2.75, 3.05) is 6.61 Å². The van der Waals surface area contributed by atoms with Gasteiger partial charge in [0.05, 0.1) is 0 Å². The van der Waals surface area contributed by atoms with Gasteiger partial charge in [-0.3, -0.25) is 0 Å². The van der Waals surface area contributed by atoms with Gasteiger partial charge in [0.25, 0.3) is 0 Å². The number of nitrogens with two attached hydrogens (primary N) is 1. The van der Waals surface area contributed by atoms with Gasteiger partial charge >= 0.3 is 0 Å². The first-order valence-corrected chi connectivity index (χ1v) is 3.75. The van der Waals surface area contributed by atoms with Crippen molar-refractivity contribution in [2.24, 2.45) is 5.73 Å². The first kappa shape index (κ1) is 9.66. The molecule has 60 valence electrons. The monoisotopic (exact) mass is 143 g/mol. The maximum atomic E-state index is 8.55. The van der Waals surface area contributed by atoms with E-state index in [1.807, 2.05) is 6.92 Å². The number of aliphatic hydroxyl groups excluding tert-OH is 1. The van der Waals surface area contributed by atoms with Crippen LogP contribution in [0.3, 0.4) is 0 Å². The highest BCUT2D eigenvalue weighted by molar-refractivity contribution is 5.05. The molecule has 0 bridgehead atoms. The van der Waals surface area contributed by atoms with Crippen molar-refractivity contribution in [2.45, 2.75) is 32.7 Å². The van der Waals surface area contributed by atoms with E-state index in [-0.39, 0.29) is 12.6 Å². The van der Waals surface area contributed by atoms with Gasteiger partial charge in [0.1, 0.15) is 0 Å². The van der Waals surface area contributed by atoms with Gasteiger partial charge in [-0.25, -0.2) is 0 Å². The fourth-order valence-electron chi connectivity index (χ4n) is 0.840. The molecule has 3 N–H and O–H groups in total. The van der Waals surface area contributed by atoms with E-state index in [1.165, 1.54) is 5.57 Å². The molecule has 2 nitrogen and oxygen atoms in total. The molecule has 1 atom stereocenters. The molecular weight excluding hydrogens is 126 g/mol. The molecule has 0 amide bonds. The smallest absolute Gasteiger partial charge is 0.0448 e. The molecule has 0 aliphatic heterocycles. The van der Waals surface area contributed by atoms with Crippen LogP contribution in [-0.4, -0.2) is 17.8 Å². The molecule has 0 radical (unpaired) electrons. The third-order valence-corrected chi connectivity index (χ3v) is 1.55. The summed E-state index contributed by atoms with van der Waals surface area (Å²) in [5.74, 6) is 0. The van der Waals surface area contributed by atoms with Gasteiger partial charge in [-0.1, -0.05) is 18.6 Å². The predicted octanol–water partition coefficient (Wildman–Crippen LogP) is 1.05. The Morgan fingerprint density at radius 2 is 2.30 bits per heavy atom. The minimum atomic E-state index is 0.0462. The van der Waals surface area contributed by atoms with E-state index in [4.69, 9.17) is 10.8 Å². The lowest BCUT2D eigenvalue weighted by Gasteiger charge is -2.09. The molecule has 0 heterocycles. The van der Waals surface area contributed by atoms with Gasteiger partial charge in [-0.15, -0.1) is 0 Å². The van der Waals surface area contributed by atoms with Gasteiger partial charge in [-0.05, 0) is 19.8 Å². The van der Waals surface area contributed by atoms with Gasteiger partial charge < -0.3 is 10.8 Å². The molecule has 0 aromatic heterocycles. The Kier molecular flexibility index (Phi) is 5.26. The van der Waals surface area contributed by atoms with Crippen molar-refractivity contribution in [3.63, 3.8) is 0 Å². The summed E-state index contributed by atoms with van der Waals surface area (Å²) in [6.07, 6.45) is 3.79. The standard InChI is InChI=1S/C8H17NO/c1-3-4-7(2)8(9)5-6-10/h4,8,10H,3,5-6,9H2,1-2H3/b7-4+. The molecular formula is C8H17NO. The van der Waals surface area contributed by atoms with Crippen LogP contribution in [0.5, 0.6) is 0 Å². The average Bonchev–Trinajstić information content (AvgIpc) is 1.89. The van der Waals surface area contributed by atoms with Gasteiger partial charge in [0, 0.05) is 12.6 Å². The van der Waals surface area contributed by atoms with Crippen LogP contribution in [0.25, 0.3) is 0 Å². The minimum absolute atomic E-state index is 0.0462. The summed E-state index contributed by atoms with van der Waals surface area (Å²) >= 11 is 0. The Hall–Kier alpha value is -0.340. The van der Waals surface area contributed by atoms with Crippen LogP contribution < -0.4 is 5.73 Å². The first-order valence-electron chi connectivity index (χ1n) is 3.75. The van der Waals surface area contributed by atoms with E-state index in [0.29, 0.717) is 6.42 Å². The van der Waals surface area contributed by atoms with Crippen LogP contribution in [0.4, 0.5) is 0 Å². The highest BCUT2D eigenvalue weighted by Crippen LogP contribution is 2.02. The van der Waals surface area contributed by atoms with E-state index >= 15 is 0 Å². The minimum Gasteiger partial charge on any atom is -0.396 e. The van der Waals surface area contributed by atoms with Crippen molar-refractivity contribution in [1.82, 2.24) is 0 Å². The molecule has 0 saturated carbocycles. The number of aliphatic hydroxyl groups is 1. The number of hydrogen-bond acceptors (Lipinski definition) is 2. The van der Waals surface area contributed by atoms with E-state index in [0.717, 1.165) is 6.42 Å². The van der Waals surface area contributed by atoms with E-state index in [1.54, 1.807) is 0 Å². The number of rotatable bonds is 4. The molecule has 10 heavy (non-hydrogen) atoms. The third-order valence-electron chi connectivity index (χ3n) is 1.55. The summed E-state index contributed by atoms with van der Waals surface area (Å²) in [4.78, 5) is 0. The second-order valence-electron chi connectivity index (χ2n) is 2.48. The van der Waals surface area contributed by atoms with Gasteiger partial charge in [0.15, 0.2) is 0 Å². The Bertz CT molecular complexity index is 110. The quantitative estimate of drug-likeness (QED) is 0.578. The average molecular weight is 143 g/mol. The Morgan fingerprint density at radius 3 is 2.70 bits per heavy atom. The van der Waals surface area contributed by atoms with E-state index in [9.17, 15) is 0 Å². The Balaban J connectivity index is 3.69. The summed E-state index contributed by atoms with van der Waals surface area (Å²) in [6.45, 7) is 4.26. The van der Waals surface area contributed by atoms with Crippen LogP contribution in [0.1, 0.15) is 26.7 Å². The normalized spacial score (nSPS) is 15.4. The molecule has 0 aliphatic carbocycles. The maximum Gasteiger partial charge on any atom is 0.0448 e. The number of hydrogen-bond donors (Lipinski definition) is 2. The molecule has 0 aromatic rings. The van der Waals surface area contributed by atoms with E-state index < -0.39 is 0 Å². The van der Waals surface area contributed by atoms with Crippen molar-refractivity contribution < 1.29 is 5.11 Å². The summed E-state index contributed by atoms with van der Waals surface area (Å²) in [5.41, 5.74) is 6.86. The number of allylic oxidation sites excluding steroid dienone is 1. The molecule has 2 heteroatoms. The highest BCUT2D eigenvalue weighted by atomic mass is 16.3. The lowest BCUT2D eigenvalue weighted by molar-refractivity contribution is 0.281. The van der Waals surface area contributed by atoms with E-state index in [2.05, 4.69) is 13.0 Å². The molecule has 1 unspecified atom stereocenters. The summed E-state index contributed by atoms with van der Waals surface area (Å²) in [7, 11) is 0. The zero-order valence-corrected chi connectivity index (χ0v) is 6.80. The molecule has 0 spiro atoms. The van der Waals surface area contributed by atoms with Crippen molar-refractivity contribution in [3.05, 3.63) is 11.6 Å². The van der Waals surface area contributed by atoms with Crippen LogP contribution in [0.2, 0.25) is 0 Å². The second-order valence-corrected chi connectivity index (χ2v) is 2.48. The van der Waals surface area contributed by atoms with Gasteiger partial charge in [-0.2, -0.15) is 0 Å². The zero-order valence-electron chi connectivity index (χ0n) is 6.80. The highest BCUT2D eigenvalue weighted by Gasteiger charge is 2.01. The predicted molar refractivity (Wildman–Crippen MR) is 43.7 cm³/mol. The van der Waals surface area contributed by atoms with Gasteiger partial charge in [0.2, 0.25) is 0 Å². The van der Waals surface area contributed by atoms with Crippen LogP contribution >= 0.6 is 0 Å². The van der Waals surface area contributed by atoms with Crippen molar-refractivity contribution in [3.8, 4) is 0 Å². The SMILES string of the molecule is CC/C=C(\C)C(N)CCO. The van der Waals surface area contributed by atoms with Crippen molar-refractivity contribution in [1.29, 1.82) is 0 Å². The van der Waals surface area contributed by atoms with Crippen LogP contribution in [0, 0.1) is 0 Å². The lowest BCUT2D eigenvalue weighted by Crippen LogP contribution is -2.22. The van der Waals surface area contributed by atoms with Crippen molar-refractivity contribution >= 4 is 0 Å². The first-order chi connectivity index (χ1) is 4.72. The second kappa shape index (κ2) is 5.45. The summed E-state index contributed by atoms with van der Waals surface area (Å²) in [6, 6.07) is 0.0462. The molecule has 0 aliphatic rings. The molecule has 0 aromatic carbocycles. The fraction of sp³-hybridized carbons (Fsp3) is 0.750. The van der Waals surface area contributed by atoms with Crippen LogP contribution in [0.15, 0.2) is 11.6 Å². The largest absolute Gasteiger partial charge is 0.396 e. The lowest BCUT2D eigenvalue weighted by atomic mass is 10.1. The molecule has 0 saturated heterocycles. The third kappa shape index (κ3) is 3.64. The topological polar surface area (TPSA) is 46.2 Å². The molecule has 0 rings (SSSR count). The summed E-state index contributed by atoms with van der Waals surface area (Å²) < 4.78 is 0. The molecule has 0 fully saturated rings. The maximum absolute atomic E-state index is 8.55. The summed E-state index contributed by atoms with van der Waals surface area (Å²) in [5, 5.41) is 8.55. The zero-order chi connectivity index (χ0) is 7.98. The Labute approximate surface area is 62.7 Å².